The summed E-state index contributed by atoms with van der Waals surface area (Å²) in [5.74, 6) is 0.250. The predicted octanol–water partition coefficient (Wildman–Crippen LogP) is 1.95. The van der Waals surface area contributed by atoms with Gasteiger partial charge in [0.15, 0.2) is 5.78 Å². The molecule has 0 spiro atoms. The van der Waals surface area contributed by atoms with E-state index in [4.69, 9.17) is 11.6 Å². The van der Waals surface area contributed by atoms with Crippen molar-refractivity contribution < 1.29 is 9.59 Å². The van der Waals surface area contributed by atoms with Crippen molar-refractivity contribution in [1.82, 2.24) is 5.32 Å². The van der Waals surface area contributed by atoms with Crippen LogP contribution in [-0.2, 0) is 4.79 Å². The molecule has 0 unspecified atom stereocenters. The molecule has 0 saturated carbocycles. The lowest BCUT2D eigenvalue weighted by atomic mass is 10.1. The number of thioether (sulfide) groups is 1. The number of Topliss-reactive ketones (excluding diaryl/α,β-unsaturated/α-hetero) is 1. The minimum absolute atomic E-state index is 0.00920. The van der Waals surface area contributed by atoms with Crippen LogP contribution in [0, 0.1) is 0 Å². The van der Waals surface area contributed by atoms with E-state index in [0.29, 0.717) is 11.3 Å². The lowest BCUT2D eigenvalue weighted by Crippen LogP contribution is -2.19. The van der Waals surface area contributed by atoms with Gasteiger partial charge in [0.05, 0.1) is 11.6 Å². The smallest absolute Gasteiger partial charge is 0.230 e. The summed E-state index contributed by atoms with van der Waals surface area (Å²) in [5, 5.41) is 2.54. The van der Waals surface area contributed by atoms with Crippen LogP contribution in [-0.4, -0.2) is 30.4 Å². The van der Waals surface area contributed by atoms with Crippen LogP contribution >= 0.6 is 23.4 Å². The topological polar surface area (TPSA) is 46.2 Å². The van der Waals surface area contributed by atoms with Crippen LogP contribution in [0.1, 0.15) is 10.4 Å². The van der Waals surface area contributed by atoms with Crippen molar-refractivity contribution >= 4 is 35.1 Å². The van der Waals surface area contributed by atoms with Gasteiger partial charge in [-0.1, -0.05) is 12.1 Å². The summed E-state index contributed by atoms with van der Waals surface area (Å²) in [4.78, 5) is 23.2. The Labute approximate surface area is 104 Å². The van der Waals surface area contributed by atoms with E-state index in [1.807, 2.05) is 12.1 Å². The van der Waals surface area contributed by atoms with Crippen molar-refractivity contribution in [2.75, 3.05) is 18.7 Å². The summed E-state index contributed by atoms with van der Waals surface area (Å²) in [5.41, 5.74) is 0.597. The van der Waals surface area contributed by atoms with Crippen LogP contribution in [0.5, 0.6) is 0 Å². The van der Waals surface area contributed by atoms with Gasteiger partial charge in [-0.2, -0.15) is 0 Å². The van der Waals surface area contributed by atoms with Gasteiger partial charge in [0.25, 0.3) is 0 Å². The van der Waals surface area contributed by atoms with Crippen molar-refractivity contribution in [2.24, 2.45) is 0 Å². The number of benzene rings is 1. The van der Waals surface area contributed by atoms with Crippen LogP contribution in [0.3, 0.4) is 0 Å². The van der Waals surface area contributed by atoms with E-state index >= 15 is 0 Å². The minimum atomic E-state index is -0.0930. The Hall–Kier alpha value is -1.00. The fraction of sp³-hybridized carbons (Fsp3) is 0.273. The number of carbonyl (C=O) groups excluding carboxylic acids is 2. The average molecular weight is 258 g/mol. The fourth-order valence-electron chi connectivity index (χ4n) is 1.04. The van der Waals surface area contributed by atoms with Gasteiger partial charge in [-0.15, -0.1) is 23.4 Å². The summed E-state index contributed by atoms with van der Waals surface area (Å²) in [6, 6.07) is 7.06. The zero-order valence-electron chi connectivity index (χ0n) is 8.83. The molecule has 0 bridgehead atoms. The lowest BCUT2D eigenvalue weighted by Gasteiger charge is -2.02. The average Bonchev–Trinajstić information content (AvgIpc) is 2.35. The number of carbonyl (C=O) groups is 2. The maximum atomic E-state index is 11.2. The van der Waals surface area contributed by atoms with Crippen LogP contribution in [0.4, 0.5) is 0 Å². The highest BCUT2D eigenvalue weighted by atomic mass is 35.5. The van der Waals surface area contributed by atoms with Crippen molar-refractivity contribution in [3.63, 3.8) is 0 Å². The molecule has 1 aromatic carbocycles. The van der Waals surface area contributed by atoms with Gasteiger partial charge in [-0.05, 0) is 12.1 Å². The molecule has 0 fully saturated rings. The Morgan fingerprint density at radius 1 is 1.31 bits per heavy atom. The summed E-state index contributed by atoms with van der Waals surface area (Å²) in [7, 11) is 1.60. The molecule has 1 N–H and O–H groups in total. The molecule has 0 aliphatic heterocycles. The second-order valence-corrected chi connectivity index (χ2v) is 4.36. The van der Waals surface area contributed by atoms with Crippen molar-refractivity contribution in [1.29, 1.82) is 0 Å². The fourth-order valence-corrected chi connectivity index (χ4v) is 1.96. The van der Waals surface area contributed by atoms with Gasteiger partial charge in [-0.25, -0.2) is 0 Å². The molecular weight excluding hydrogens is 246 g/mol. The number of halogens is 1. The minimum Gasteiger partial charge on any atom is -0.358 e. The molecule has 3 nitrogen and oxygen atoms in total. The number of hydrogen-bond donors (Lipinski definition) is 1. The van der Waals surface area contributed by atoms with E-state index in [9.17, 15) is 9.59 Å². The summed E-state index contributed by atoms with van der Waals surface area (Å²) < 4.78 is 0. The van der Waals surface area contributed by atoms with Gasteiger partial charge in [0.2, 0.25) is 5.91 Å². The third kappa shape index (κ3) is 3.87. The first-order valence-electron chi connectivity index (χ1n) is 4.70. The molecule has 1 aromatic rings. The normalized spacial score (nSPS) is 9.88. The molecule has 86 valence electrons. The first-order chi connectivity index (χ1) is 7.67. The van der Waals surface area contributed by atoms with Gasteiger partial charge in [0.1, 0.15) is 0 Å². The highest BCUT2D eigenvalue weighted by Crippen LogP contribution is 2.18. The standard InChI is InChI=1S/C11H12ClNO2S/c1-13-11(15)7-16-9-4-2-8(3-5-9)10(14)6-12/h2-5H,6-7H2,1H3,(H,13,15). The van der Waals surface area contributed by atoms with Gasteiger partial charge in [0, 0.05) is 17.5 Å². The number of amides is 1. The largest absolute Gasteiger partial charge is 0.358 e. The molecule has 0 saturated heterocycles. The molecule has 16 heavy (non-hydrogen) atoms. The number of rotatable bonds is 5. The van der Waals surface area contributed by atoms with E-state index in [2.05, 4.69) is 5.32 Å². The predicted molar refractivity (Wildman–Crippen MR) is 66.3 cm³/mol. The third-order valence-corrected chi connectivity index (χ3v) is 3.20. The Bertz CT molecular complexity index is 378. The van der Waals surface area contributed by atoms with Crippen molar-refractivity contribution in [3.8, 4) is 0 Å². The zero-order valence-corrected chi connectivity index (χ0v) is 10.4. The maximum Gasteiger partial charge on any atom is 0.230 e. The molecule has 0 aromatic heterocycles. The molecule has 0 atom stereocenters. The number of hydrogen-bond acceptors (Lipinski definition) is 3. The van der Waals surface area contributed by atoms with Crippen molar-refractivity contribution in [3.05, 3.63) is 29.8 Å². The molecule has 0 heterocycles. The van der Waals surface area contributed by atoms with E-state index in [-0.39, 0.29) is 17.6 Å². The number of alkyl halides is 1. The van der Waals surface area contributed by atoms with Crippen LogP contribution in [0.15, 0.2) is 29.2 Å². The van der Waals surface area contributed by atoms with E-state index in [1.54, 1.807) is 19.2 Å². The summed E-state index contributed by atoms with van der Waals surface area (Å²) in [6.45, 7) is 0. The summed E-state index contributed by atoms with van der Waals surface area (Å²) >= 11 is 6.86. The van der Waals surface area contributed by atoms with Crippen LogP contribution in [0.2, 0.25) is 0 Å². The summed E-state index contributed by atoms with van der Waals surface area (Å²) in [6.07, 6.45) is 0. The van der Waals surface area contributed by atoms with Gasteiger partial charge in [-0.3, -0.25) is 9.59 Å². The Kier molecular flexibility index (Phi) is 5.35. The Balaban J connectivity index is 2.58. The molecule has 1 rings (SSSR count). The van der Waals surface area contributed by atoms with E-state index < -0.39 is 0 Å². The third-order valence-electron chi connectivity index (χ3n) is 1.95. The van der Waals surface area contributed by atoms with Crippen LogP contribution < -0.4 is 5.32 Å². The SMILES string of the molecule is CNC(=O)CSc1ccc(C(=O)CCl)cc1. The number of nitrogens with one attached hydrogen (secondary N) is 1. The Morgan fingerprint density at radius 2 is 1.94 bits per heavy atom. The van der Waals surface area contributed by atoms with Gasteiger partial charge < -0.3 is 5.32 Å². The highest BCUT2D eigenvalue weighted by Gasteiger charge is 2.04. The Morgan fingerprint density at radius 3 is 2.44 bits per heavy atom. The molecule has 0 aliphatic carbocycles. The highest BCUT2D eigenvalue weighted by molar-refractivity contribution is 8.00. The lowest BCUT2D eigenvalue weighted by molar-refractivity contribution is -0.118. The first kappa shape index (κ1) is 13.1. The van der Waals surface area contributed by atoms with Crippen molar-refractivity contribution in [2.45, 2.75) is 4.90 Å². The van der Waals surface area contributed by atoms with E-state index in [1.165, 1.54) is 11.8 Å². The monoisotopic (exact) mass is 257 g/mol. The molecule has 0 aliphatic rings. The molecular formula is C11H12ClNO2S. The van der Waals surface area contributed by atoms with Crippen LogP contribution in [0.25, 0.3) is 0 Å². The van der Waals surface area contributed by atoms with Gasteiger partial charge >= 0.3 is 0 Å². The second kappa shape index (κ2) is 6.55. The second-order valence-electron chi connectivity index (χ2n) is 3.04. The molecule has 5 heteroatoms. The maximum absolute atomic E-state index is 11.2. The zero-order chi connectivity index (χ0) is 12.0. The molecule has 1 amide bonds. The van der Waals surface area contributed by atoms with E-state index in [0.717, 1.165) is 4.90 Å². The first-order valence-corrected chi connectivity index (χ1v) is 6.22. The quantitative estimate of drug-likeness (QED) is 0.498. The molecule has 0 radical (unpaired) electrons. The number of ketones is 1.